The number of benzene rings is 1. The van der Waals surface area contributed by atoms with E-state index in [1.54, 1.807) is 0 Å². The van der Waals surface area contributed by atoms with Crippen molar-refractivity contribution in [3.63, 3.8) is 0 Å². The van der Waals surface area contributed by atoms with Crippen molar-refractivity contribution in [2.45, 2.75) is 20.4 Å². The highest BCUT2D eigenvalue weighted by Crippen LogP contribution is 2.23. The van der Waals surface area contributed by atoms with E-state index >= 15 is 0 Å². The van der Waals surface area contributed by atoms with Gasteiger partial charge < -0.3 is 10.6 Å². The van der Waals surface area contributed by atoms with Crippen LogP contribution in [-0.2, 0) is 6.54 Å². The van der Waals surface area contributed by atoms with Crippen molar-refractivity contribution >= 4 is 11.5 Å². The van der Waals surface area contributed by atoms with Crippen LogP contribution >= 0.6 is 0 Å². The second-order valence-corrected chi connectivity index (χ2v) is 4.52. The monoisotopic (exact) mass is 241 g/mol. The zero-order valence-corrected chi connectivity index (χ0v) is 11.1. The zero-order chi connectivity index (χ0) is 13.1. The molecule has 3 nitrogen and oxygen atoms in total. The number of nitrogens with zero attached hydrogens (tertiary/aromatic N) is 2. The maximum atomic E-state index is 5.65. The van der Waals surface area contributed by atoms with E-state index in [2.05, 4.69) is 41.1 Å². The fourth-order valence-corrected chi connectivity index (χ4v) is 1.95. The Morgan fingerprint density at radius 3 is 2.56 bits per heavy atom. The van der Waals surface area contributed by atoms with Gasteiger partial charge in [-0.25, -0.2) is 4.98 Å². The summed E-state index contributed by atoms with van der Waals surface area (Å²) in [6, 6.07) is 12.4. The molecule has 0 bridgehead atoms. The highest BCUT2D eigenvalue weighted by Gasteiger charge is 2.07. The summed E-state index contributed by atoms with van der Waals surface area (Å²) in [4.78, 5) is 6.68. The Labute approximate surface area is 108 Å². The molecule has 2 aromatic rings. The fourth-order valence-electron chi connectivity index (χ4n) is 1.95. The first-order valence-electron chi connectivity index (χ1n) is 6.09. The minimum Gasteiger partial charge on any atom is -0.329 e. The maximum absolute atomic E-state index is 5.65. The molecule has 0 saturated heterocycles. The Bertz CT molecular complexity index is 549. The molecule has 94 valence electrons. The first-order chi connectivity index (χ1) is 8.61. The van der Waals surface area contributed by atoms with E-state index < -0.39 is 0 Å². The van der Waals surface area contributed by atoms with Gasteiger partial charge in [0.15, 0.2) is 0 Å². The van der Waals surface area contributed by atoms with Crippen LogP contribution in [0.4, 0.5) is 11.5 Å². The highest BCUT2D eigenvalue weighted by atomic mass is 15.2. The molecule has 1 heterocycles. The van der Waals surface area contributed by atoms with Gasteiger partial charge >= 0.3 is 0 Å². The number of hydrogen-bond donors (Lipinski definition) is 1. The first-order valence-corrected chi connectivity index (χ1v) is 6.09. The Morgan fingerprint density at radius 2 is 1.94 bits per heavy atom. The Morgan fingerprint density at radius 1 is 1.17 bits per heavy atom. The van der Waals surface area contributed by atoms with Crippen molar-refractivity contribution in [2.24, 2.45) is 5.73 Å². The van der Waals surface area contributed by atoms with Crippen molar-refractivity contribution in [3.05, 3.63) is 53.2 Å². The number of rotatable bonds is 3. The summed E-state index contributed by atoms with van der Waals surface area (Å²) >= 11 is 0. The minimum atomic E-state index is 0.535. The Hall–Kier alpha value is -1.87. The van der Waals surface area contributed by atoms with Crippen molar-refractivity contribution in [1.82, 2.24) is 4.98 Å². The summed E-state index contributed by atoms with van der Waals surface area (Å²) < 4.78 is 0. The topological polar surface area (TPSA) is 42.1 Å². The van der Waals surface area contributed by atoms with Crippen LogP contribution in [0.25, 0.3) is 0 Å². The number of aryl methyl sites for hydroxylation is 2. The van der Waals surface area contributed by atoms with Crippen molar-refractivity contribution in [3.8, 4) is 0 Å². The van der Waals surface area contributed by atoms with Gasteiger partial charge in [0.05, 0.1) is 0 Å². The fraction of sp³-hybridized carbons (Fsp3) is 0.267. The van der Waals surface area contributed by atoms with Gasteiger partial charge in [-0.05, 0) is 43.2 Å². The molecule has 1 aromatic heterocycles. The van der Waals surface area contributed by atoms with Gasteiger partial charge in [0.2, 0.25) is 0 Å². The van der Waals surface area contributed by atoms with Crippen LogP contribution in [0.5, 0.6) is 0 Å². The van der Waals surface area contributed by atoms with E-state index in [0.717, 1.165) is 22.8 Å². The van der Waals surface area contributed by atoms with E-state index in [-0.39, 0.29) is 0 Å². The zero-order valence-electron chi connectivity index (χ0n) is 11.1. The molecular weight excluding hydrogens is 222 g/mol. The molecule has 18 heavy (non-hydrogen) atoms. The smallest absolute Gasteiger partial charge is 0.132 e. The second kappa shape index (κ2) is 5.19. The second-order valence-electron chi connectivity index (χ2n) is 4.52. The van der Waals surface area contributed by atoms with Gasteiger partial charge in [-0.15, -0.1) is 0 Å². The van der Waals surface area contributed by atoms with Crippen LogP contribution in [0.2, 0.25) is 0 Å². The van der Waals surface area contributed by atoms with Crippen molar-refractivity contribution in [1.29, 1.82) is 0 Å². The molecule has 0 spiro atoms. The molecule has 0 aliphatic carbocycles. The molecule has 0 saturated carbocycles. The predicted molar refractivity (Wildman–Crippen MR) is 76.1 cm³/mol. The van der Waals surface area contributed by atoms with Gasteiger partial charge in [0.1, 0.15) is 5.82 Å². The third kappa shape index (κ3) is 2.51. The lowest BCUT2D eigenvalue weighted by molar-refractivity contribution is 0.992. The molecule has 0 aliphatic heterocycles. The maximum Gasteiger partial charge on any atom is 0.132 e. The number of pyridine rings is 1. The largest absolute Gasteiger partial charge is 0.329 e. The number of hydrogen-bond acceptors (Lipinski definition) is 3. The van der Waals surface area contributed by atoms with Crippen LogP contribution in [0.1, 0.15) is 16.8 Å². The van der Waals surface area contributed by atoms with Crippen LogP contribution in [-0.4, -0.2) is 12.0 Å². The predicted octanol–water partition coefficient (Wildman–Crippen LogP) is 2.93. The van der Waals surface area contributed by atoms with Gasteiger partial charge in [0, 0.05) is 25.0 Å². The number of nitrogens with two attached hydrogens (primary N) is 1. The molecule has 0 radical (unpaired) electrons. The van der Waals surface area contributed by atoms with E-state index in [4.69, 9.17) is 5.73 Å². The standard InChI is InChI=1S/C15H19N3/c1-11-5-4-6-14(9-11)18(3)15-8-7-13(10-16)12(2)17-15/h4-9H,10,16H2,1-3H3. The summed E-state index contributed by atoms with van der Waals surface area (Å²) in [5.74, 6) is 0.940. The molecule has 0 fully saturated rings. The molecule has 0 aliphatic rings. The molecule has 2 N–H and O–H groups in total. The molecule has 1 aromatic carbocycles. The molecule has 3 heteroatoms. The third-order valence-corrected chi connectivity index (χ3v) is 3.13. The van der Waals surface area contributed by atoms with Crippen LogP contribution in [0.3, 0.4) is 0 Å². The summed E-state index contributed by atoms with van der Waals surface area (Å²) in [7, 11) is 2.03. The number of anilines is 2. The quantitative estimate of drug-likeness (QED) is 0.898. The van der Waals surface area contributed by atoms with Gasteiger partial charge in [0.25, 0.3) is 0 Å². The van der Waals surface area contributed by atoms with Crippen LogP contribution in [0.15, 0.2) is 36.4 Å². The Kier molecular flexibility index (Phi) is 3.63. The third-order valence-electron chi connectivity index (χ3n) is 3.13. The molecule has 0 atom stereocenters. The van der Waals surface area contributed by atoms with E-state index in [1.165, 1.54) is 5.56 Å². The first kappa shape index (κ1) is 12.6. The molecular formula is C15H19N3. The van der Waals surface area contributed by atoms with E-state index in [9.17, 15) is 0 Å². The van der Waals surface area contributed by atoms with E-state index in [1.807, 2.05) is 26.1 Å². The molecule has 0 amide bonds. The van der Waals surface area contributed by atoms with Gasteiger partial charge in [-0.2, -0.15) is 0 Å². The summed E-state index contributed by atoms with van der Waals surface area (Å²) in [6.45, 7) is 4.62. The average molecular weight is 241 g/mol. The highest BCUT2D eigenvalue weighted by molar-refractivity contribution is 5.60. The molecule has 2 rings (SSSR count). The van der Waals surface area contributed by atoms with Gasteiger partial charge in [-0.1, -0.05) is 18.2 Å². The summed E-state index contributed by atoms with van der Waals surface area (Å²) in [5.41, 5.74) is 10.1. The lowest BCUT2D eigenvalue weighted by Crippen LogP contribution is -2.12. The lowest BCUT2D eigenvalue weighted by Gasteiger charge is -2.19. The van der Waals surface area contributed by atoms with Gasteiger partial charge in [-0.3, -0.25) is 0 Å². The SMILES string of the molecule is Cc1cccc(N(C)c2ccc(CN)c(C)n2)c1. The normalized spacial score (nSPS) is 10.4. The summed E-state index contributed by atoms with van der Waals surface area (Å²) in [6.07, 6.45) is 0. The van der Waals surface area contributed by atoms with Crippen LogP contribution < -0.4 is 10.6 Å². The molecule has 0 unspecified atom stereocenters. The number of aromatic nitrogens is 1. The van der Waals surface area contributed by atoms with Crippen molar-refractivity contribution < 1.29 is 0 Å². The summed E-state index contributed by atoms with van der Waals surface area (Å²) in [5, 5.41) is 0. The Balaban J connectivity index is 2.34. The lowest BCUT2D eigenvalue weighted by atomic mass is 10.2. The van der Waals surface area contributed by atoms with Crippen molar-refractivity contribution in [2.75, 3.05) is 11.9 Å². The van der Waals surface area contributed by atoms with Crippen LogP contribution in [0, 0.1) is 13.8 Å². The van der Waals surface area contributed by atoms with E-state index in [0.29, 0.717) is 6.54 Å². The average Bonchev–Trinajstić information content (AvgIpc) is 2.37. The minimum absolute atomic E-state index is 0.535.